The molecule has 0 aliphatic rings. The highest BCUT2D eigenvalue weighted by Gasteiger charge is 2.14. The smallest absolute Gasteiger partial charge is 0.356 e. The SMILES string of the molecule is COC(=O)c1cc(NC(=O)Cc2cc3nn(Cc4ccc(OC)cc4)cc3cc2F)ccn1. The summed E-state index contributed by atoms with van der Waals surface area (Å²) in [6, 6.07) is 13.5. The molecule has 0 saturated heterocycles. The number of carbonyl (C=O) groups is 2. The van der Waals surface area contributed by atoms with Crippen LogP contribution in [0.15, 0.2) is 60.9 Å². The number of anilines is 1. The lowest BCUT2D eigenvalue weighted by atomic mass is 10.1. The van der Waals surface area contributed by atoms with Crippen molar-refractivity contribution >= 4 is 28.5 Å². The Labute approximate surface area is 189 Å². The van der Waals surface area contributed by atoms with Gasteiger partial charge in [0.05, 0.1) is 32.7 Å². The Balaban J connectivity index is 1.48. The van der Waals surface area contributed by atoms with E-state index in [1.54, 1.807) is 24.1 Å². The molecule has 2 heterocycles. The summed E-state index contributed by atoms with van der Waals surface area (Å²) in [6.07, 6.45) is 2.95. The number of aromatic nitrogens is 3. The number of amides is 1. The van der Waals surface area contributed by atoms with E-state index < -0.39 is 17.7 Å². The third kappa shape index (κ3) is 5.15. The highest BCUT2D eigenvalue weighted by atomic mass is 19.1. The van der Waals surface area contributed by atoms with E-state index in [-0.39, 0.29) is 17.7 Å². The van der Waals surface area contributed by atoms with Gasteiger partial charge in [-0.15, -0.1) is 0 Å². The first-order chi connectivity index (χ1) is 15.9. The van der Waals surface area contributed by atoms with Crippen molar-refractivity contribution in [2.24, 2.45) is 0 Å². The zero-order chi connectivity index (χ0) is 23.4. The second kappa shape index (κ2) is 9.47. The molecule has 1 amide bonds. The number of ether oxygens (including phenoxy) is 2. The van der Waals surface area contributed by atoms with Crippen LogP contribution in [0.5, 0.6) is 5.75 Å². The maximum absolute atomic E-state index is 14.7. The van der Waals surface area contributed by atoms with Crippen molar-refractivity contribution in [1.82, 2.24) is 14.8 Å². The van der Waals surface area contributed by atoms with Crippen LogP contribution in [-0.4, -0.2) is 40.9 Å². The van der Waals surface area contributed by atoms with Crippen LogP contribution in [0.2, 0.25) is 0 Å². The molecule has 0 saturated carbocycles. The molecule has 2 aromatic carbocycles. The maximum atomic E-state index is 14.7. The lowest BCUT2D eigenvalue weighted by Crippen LogP contribution is -2.16. The molecular formula is C24H21FN4O4. The molecule has 9 heteroatoms. The second-order valence-corrected chi connectivity index (χ2v) is 7.32. The number of rotatable bonds is 7. The molecule has 0 radical (unpaired) electrons. The average molecular weight is 448 g/mol. The summed E-state index contributed by atoms with van der Waals surface area (Å²) in [5, 5.41) is 7.80. The first kappa shape index (κ1) is 21.9. The van der Waals surface area contributed by atoms with E-state index in [0.29, 0.717) is 23.1 Å². The molecule has 33 heavy (non-hydrogen) atoms. The van der Waals surface area contributed by atoms with Gasteiger partial charge in [0.15, 0.2) is 0 Å². The molecule has 0 spiro atoms. The van der Waals surface area contributed by atoms with E-state index in [4.69, 9.17) is 4.74 Å². The predicted octanol–water partition coefficient (Wildman–Crippen LogP) is 3.60. The molecule has 0 atom stereocenters. The van der Waals surface area contributed by atoms with Crippen LogP contribution in [0.4, 0.5) is 10.1 Å². The van der Waals surface area contributed by atoms with Crippen LogP contribution in [-0.2, 0) is 22.5 Å². The number of benzene rings is 2. The van der Waals surface area contributed by atoms with Crippen molar-refractivity contribution in [2.75, 3.05) is 19.5 Å². The normalized spacial score (nSPS) is 10.8. The first-order valence-electron chi connectivity index (χ1n) is 10.1. The number of methoxy groups -OCH3 is 2. The molecule has 0 unspecified atom stereocenters. The Morgan fingerprint density at radius 3 is 2.61 bits per heavy atom. The number of carbonyl (C=O) groups excluding carboxylic acids is 2. The number of hydrogen-bond donors (Lipinski definition) is 1. The molecule has 0 aliphatic carbocycles. The Bertz CT molecular complexity index is 1320. The van der Waals surface area contributed by atoms with Crippen molar-refractivity contribution < 1.29 is 23.5 Å². The third-order valence-electron chi connectivity index (χ3n) is 5.01. The number of nitrogens with zero attached hydrogens (tertiary/aromatic N) is 3. The third-order valence-corrected chi connectivity index (χ3v) is 5.01. The van der Waals surface area contributed by atoms with Crippen molar-refractivity contribution in [3.8, 4) is 5.75 Å². The maximum Gasteiger partial charge on any atom is 0.356 e. The van der Waals surface area contributed by atoms with Crippen LogP contribution >= 0.6 is 0 Å². The van der Waals surface area contributed by atoms with Gasteiger partial charge in [-0.25, -0.2) is 14.2 Å². The number of hydrogen-bond acceptors (Lipinski definition) is 6. The summed E-state index contributed by atoms with van der Waals surface area (Å²) in [6.45, 7) is 0.515. The number of pyridine rings is 1. The van der Waals surface area contributed by atoms with Gasteiger partial charge in [0, 0.05) is 23.5 Å². The molecule has 168 valence electrons. The van der Waals surface area contributed by atoms with Crippen molar-refractivity contribution in [1.29, 1.82) is 0 Å². The minimum atomic E-state index is -0.618. The standard InChI is InChI=1S/C24H21FN4O4/c1-32-19-5-3-15(4-6-19)13-29-14-17-9-20(25)16(10-21(17)28-29)11-23(30)27-18-7-8-26-22(12-18)24(31)33-2/h3-10,12,14H,11,13H2,1-2H3,(H,26,27,30). The van der Waals surface area contributed by atoms with Gasteiger partial charge in [0.2, 0.25) is 5.91 Å². The van der Waals surface area contributed by atoms with E-state index in [2.05, 4.69) is 20.1 Å². The van der Waals surface area contributed by atoms with Crippen LogP contribution in [0.1, 0.15) is 21.6 Å². The summed E-state index contributed by atoms with van der Waals surface area (Å²) in [5.41, 5.74) is 2.25. The van der Waals surface area contributed by atoms with E-state index in [1.807, 2.05) is 24.3 Å². The molecule has 0 bridgehead atoms. The largest absolute Gasteiger partial charge is 0.497 e. The van der Waals surface area contributed by atoms with Crippen LogP contribution in [0.3, 0.4) is 0 Å². The quantitative estimate of drug-likeness (QED) is 0.434. The Hall–Kier alpha value is -4.27. The molecule has 8 nitrogen and oxygen atoms in total. The Morgan fingerprint density at radius 1 is 1.09 bits per heavy atom. The van der Waals surface area contributed by atoms with Gasteiger partial charge in [-0.05, 0) is 47.5 Å². The lowest BCUT2D eigenvalue weighted by Gasteiger charge is -2.07. The van der Waals surface area contributed by atoms with Gasteiger partial charge in [-0.1, -0.05) is 12.1 Å². The van der Waals surface area contributed by atoms with Gasteiger partial charge in [0.1, 0.15) is 17.3 Å². The second-order valence-electron chi connectivity index (χ2n) is 7.32. The minimum Gasteiger partial charge on any atom is -0.497 e. The highest BCUT2D eigenvalue weighted by Crippen LogP contribution is 2.20. The van der Waals surface area contributed by atoms with Crippen molar-refractivity contribution in [3.05, 3.63) is 83.6 Å². The van der Waals surface area contributed by atoms with E-state index in [9.17, 15) is 14.0 Å². The highest BCUT2D eigenvalue weighted by molar-refractivity contribution is 5.95. The van der Waals surface area contributed by atoms with Gasteiger partial charge < -0.3 is 14.8 Å². The fourth-order valence-electron chi connectivity index (χ4n) is 3.38. The van der Waals surface area contributed by atoms with Gasteiger partial charge in [0.25, 0.3) is 0 Å². The van der Waals surface area contributed by atoms with Crippen LogP contribution in [0.25, 0.3) is 10.9 Å². The molecule has 1 N–H and O–H groups in total. The monoisotopic (exact) mass is 448 g/mol. The Morgan fingerprint density at radius 2 is 1.88 bits per heavy atom. The summed E-state index contributed by atoms with van der Waals surface area (Å²) in [7, 11) is 2.85. The minimum absolute atomic E-state index is 0.0605. The topological polar surface area (TPSA) is 95.3 Å². The molecule has 4 aromatic rings. The zero-order valence-electron chi connectivity index (χ0n) is 18.0. The predicted molar refractivity (Wildman–Crippen MR) is 120 cm³/mol. The molecule has 0 aliphatic heterocycles. The van der Waals surface area contributed by atoms with E-state index in [0.717, 1.165) is 11.3 Å². The van der Waals surface area contributed by atoms with Crippen LogP contribution in [0, 0.1) is 5.82 Å². The fraction of sp³-hybridized carbons (Fsp3) is 0.167. The number of esters is 1. The van der Waals surface area contributed by atoms with Crippen molar-refractivity contribution in [2.45, 2.75) is 13.0 Å². The summed E-state index contributed by atoms with van der Waals surface area (Å²) >= 11 is 0. The number of fused-ring (bicyclic) bond motifs is 1. The Kier molecular flexibility index (Phi) is 6.30. The molecule has 0 fully saturated rings. The van der Waals surface area contributed by atoms with E-state index >= 15 is 0 Å². The number of halogens is 1. The van der Waals surface area contributed by atoms with Crippen molar-refractivity contribution in [3.63, 3.8) is 0 Å². The summed E-state index contributed by atoms with van der Waals surface area (Å²) in [4.78, 5) is 28.0. The lowest BCUT2D eigenvalue weighted by molar-refractivity contribution is -0.115. The fourth-order valence-corrected chi connectivity index (χ4v) is 3.38. The average Bonchev–Trinajstić information content (AvgIpc) is 3.20. The molecule has 2 aromatic heterocycles. The number of nitrogens with one attached hydrogen (secondary N) is 1. The molecule has 4 rings (SSSR count). The first-order valence-corrected chi connectivity index (χ1v) is 10.1. The van der Waals surface area contributed by atoms with E-state index in [1.165, 1.54) is 31.5 Å². The summed E-state index contributed by atoms with van der Waals surface area (Å²) < 4.78 is 26.2. The van der Waals surface area contributed by atoms with Crippen LogP contribution < -0.4 is 10.1 Å². The summed E-state index contributed by atoms with van der Waals surface area (Å²) in [5.74, 6) is -0.782. The zero-order valence-corrected chi connectivity index (χ0v) is 18.0. The van der Waals surface area contributed by atoms with Gasteiger partial charge in [-0.3, -0.25) is 9.48 Å². The van der Waals surface area contributed by atoms with Gasteiger partial charge >= 0.3 is 5.97 Å². The van der Waals surface area contributed by atoms with Gasteiger partial charge in [-0.2, -0.15) is 5.10 Å². The molecular weight excluding hydrogens is 427 g/mol.